The number of aromatic nitrogens is 1. The van der Waals surface area contributed by atoms with Crippen molar-refractivity contribution in [2.45, 2.75) is 32.7 Å². The summed E-state index contributed by atoms with van der Waals surface area (Å²) in [5.74, 6) is -0.0200. The third-order valence-electron chi connectivity index (χ3n) is 4.34. The molecule has 0 saturated carbocycles. The van der Waals surface area contributed by atoms with E-state index in [0.717, 1.165) is 30.4 Å². The number of hydrogen-bond acceptors (Lipinski definition) is 3. The molecule has 7 heteroatoms. The third-order valence-corrected chi connectivity index (χ3v) is 4.78. The van der Waals surface area contributed by atoms with Crippen LogP contribution in [0.1, 0.15) is 43.2 Å². The van der Waals surface area contributed by atoms with Gasteiger partial charge >= 0.3 is 0 Å². The van der Waals surface area contributed by atoms with Crippen LogP contribution in [0.2, 0.25) is 0 Å². The summed E-state index contributed by atoms with van der Waals surface area (Å²) in [7, 11) is 1.73. The number of piperidine rings is 1. The van der Waals surface area contributed by atoms with Crippen molar-refractivity contribution in [1.29, 1.82) is 0 Å². The summed E-state index contributed by atoms with van der Waals surface area (Å²) in [5, 5.41) is 6.48. The summed E-state index contributed by atoms with van der Waals surface area (Å²) in [6.07, 6.45) is 4.00. The van der Waals surface area contributed by atoms with Crippen molar-refractivity contribution in [3.8, 4) is 0 Å². The van der Waals surface area contributed by atoms with E-state index < -0.39 is 0 Å². The number of amides is 1. The van der Waals surface area contributed by atoms with Crippen LogP contribution in [0.3, 0.4) is 0 Å². The molecule has 23 heavy (non-hydrogen) atoms. The first-order valence-corrected chi connectivity index (χ1v) is 8.62. The van der Waals surface area contributed by atoms with Gasteiger partial charge in [0.1, 0.15) is 5.69 Å². The lowest BCUT2D eigenvalue weighted by Gasteiger charge is -2.37. The maximum Gasteiger partial charge on any atom is 0.267 e. The average molecular weight is 409 g/mol. The molecule has 0 unspecified atom stereocenters. The molecule has 5 nitrogen and oxygen atoms in total. The van der Waals surface area contributed by atoms with E-state index in [9.17, 15) is 4.79 Å². The molecule has 2 N–H and O–H groups in total. The zero-order valence-corrected chi connectivity index (χ0v) is 16.4. The number of nitrogens with zero attached hydrogens (tertiary/aromatic N) is 1. The summed E-state index contributed by atoms with van der Waals surface area (Å²) in [6.45, 7) is 7.44. The number of rotatable bonds is 6. The minimum Gasteiger partial charge on any atom is -0.384 e. The molecule has 1 aromatic heterocycles. The Labute approximate surface area is 153 Å². The molecule has 2 heterocycles. The second-order valence-electron chi connectivity index (χ2n) is 6.41. The third kappa shape index (κ3) is 5.21. The van der Waals surface area contributed by atoms with E-state index >= 15 is 0 Å². The van der Waals surface area contributed by atoms with Gasteiger partial charge in [0.25, 0.3) is 5.91 Å². The Kier molecular flexibility index (Phi) is 8.07. The highest BCUT2D eigenvalue weighted by Gasteiger charge is 2.32. The van der Waals surface area contributed by atoms with Crippen molar-refractivity contribution in [2.24, 2.45) is 5.41 Å². The van der Waals surface area contributed by atoms with Crippen molar-refractivity contribution in [2.75, 3.05) is 33.4 Å². The fourth-order valence-corrected chi connectivity index (χ4v) is 3.49. The molecule has 132 valence electrons. The number of hydrogen-bond donors (Lipinski definition) is 2. The van der Waals surface area contributed by atoms with Crippen molar-refractivity contribution in [3.63, 3.8) is 0 Å². The van der Waals surface area contributed by atoms with Gasteiger partial charge in [-0.1, -0.05) is 0 Å². The maximum absolute atomic E-state index is 12.6. The molecule has 0 bridgehead atoms. The fourth-order valence-electron chi connectivity index (χ4n) is 3.05. The van der Waals surface area contributed by atoms with Crippen LogP contribution >= 0.6 is 28.3 Å². The van der Waals surface area contributed by atoms with Gasteiger partial charge in [-0.15, -0.1) is 12.4 Å². The smallest absolute Gasteiger partial charge is 0.267 e. The van der Waals surface area contributed by atoms with E-state index in [1.165, 1.54) is 0 Å². The van der Waals surface area contributed by atoms with Gasteiger partial charge in [-0.2, -0.15) is 0 Å². The Morgan fingerprint density at radius 2 is 2.13 bits per heavy atom. The summed E-state index contributed by atoms with van der Waals surface area (Å²) >= 11 is 3.45. The van der Waals surface area contributed by atoms with E-state index in [-0.39, 0.29) is 29.8 Å². The molecule has 0 radical (unpaired) electrons. The lowest BCUT2D eigenvalue weighted by Crippen LogP contribution is -2.47. The number of halogens is 2. The molecule has 1 aromatic rings. The monoisotopic (exact) mass is 407 g/mol. The van der Waals surface area contributed by atoms with E-state index in [2.05, 4.69) is 40.4 Å². The molecule has 1 fully saturated rings. The van der Waals surface area contributed by atoms with E-state index in [1.807, 2.05) is 16.8 Å². The van der Waals surface area contributed by atoms with Crippen LogP contribution in [0.25, 0.3) is 0 Å². The number of carbonyl (C=O) groups excluding carboxylic acids is 1. The minimum atomic E-state index is -0.0200. The van der Waals surface area contributed by atoms with Gasteiger partial charge in [-0.05, 0) is 61.8 Å². The van der Waals surface area contributed by atoms with Gasteiger partial charge in [-0.3, -0.25) is 4.79 Å². The van der Waals surface area contributed by atoms with Crippen molar-refractivity contribution >= 4 is 34.2 Å². The molecule has 0 aromatic carbocycles. The van der Waals surface area contributed by atoms with Crippen LogP contribution in [-0.2, 0) is 4.74 Å². The lowest BCUT2D eigenvalue weighted by atomic mass is 9.79. The fraction of sp³-hybridized carbons (Fsp3) is 0.688. The standard InChI is InChI=1S/C16H26BrN3O2.ClH/c1-12(2)20-9-13(17)8-14(20)15(21)19-10-16(11-22-3)4-6-18-7-5-16;/h8-9,12,18H,4-7,10-11H2,1-3H3,(H,19,21);1H. The predicted molar refractivity (Wildman–Crippen MR) is 98.5 cm³/mol. The molecule has 1 saturated heterocycles. The number of nitrogens with one attached hydrogen (secondary N) is 2. The maximum atomic E-state index is 12.6. The Morgan fingerprint density at radius 1 is 1.48 bits per heavy atom. The highest BCUT2D eigenvalue weighted by molar-refractivity contribution is 9.10. The van der Waals surface area contributed by atoms with Crippen molar-refractivity contribution in [3.05, 3.63) is 22.4 Å². The first-order chi connectivity index (χ1) is 10.5. The molecule has 0 spiro atoms. The van der Waals surface area contributed by atoms with Gasteiger partial charge in [0, 0.05) is 35.8 Å². The quantitative estimate of drug-likeness (QED) is 0.761. The van der Waals surface area contributed by atoms with E-state index in [0.29, 0.717) is 18.8 Å². The highest BCUT2D eigenvalue weighted by Crippen LogP contribution is 2.28. The van der Waals surface area contributed by atoms with Gasteiger partial charge in [-0.25, -0.2) is 0 Å². The van der Waals surface area contributed by atoms with Crippen molar-refractivity contribution in [1.82, 2.24) is 15.2 Å². The predicted octanol–water partition coefficient (Wildman–Crippen LogP) is 3.00. The largest absolute Gasteiger partial charge is 0.384 e. The summed E-state index contributed by atoms with van der Waals surface area (Å²) < 4.78 is 8.32. The number of carbonyl (C=O) groups is 1. The zero-order chi connectivity index (χ0) is 16.2. The second kappa shape index (κ2) is 9.06. The van der Waals surface area contributed by atoms with Gasteiger partial charge < -0.3 is 19.9 Å². The molecule has 0 atom stereocenters. The Bertz CT molecular complexity index is 508. The van der Waals surface area contributed by atoms with Crippen LogP contribution in [0.15, 0.2) is 16.7 Å². The highest BCUT2D eigenvalue weighted by atomic mass is 79.9. The molecule has 1 aliphatic rings. The van der Waals surface area contributed by atoms with Crippen LogP contribution in [0, 0.1) is 5.41 Å². The first kappa shape index (κ1) is 20.5. The van der Waals surface area contributed by atoms with Crippen LogP contribution in [-0.4, -0.2) is 43.8 Å². The second-order valence-corrected chi connectivity index (χ2v) is 7.33. The molecule has 2 rings (SSSR count). The average Bonchev–Trinajstić information content (AvgIpc) is 2.89. The molecular weight excluding hydrogens is 382 g/mol. The molecule has 1 aliphatic heterocycles. The van der Waals surface area contributed by atoms with E-state index in [1.54, 1.807) is 7.11 Å². The number of methoxy groups -OCH3 is 1. The zero-order valence-electron chi connectivity index (χ0n) is 14.0. The van der Waals surface area contributed by atoms with Crippen LogP contribution in [0.5, 0.6) is 0 Å². The van der Waals surface area contributed by atoms with Crippen LogP contribution < -0.4 is 10.6 Å². The molecule has 0 aliphatic carbocycles. The Hall–Kier alpha value is -0.560. The molecule has 1 amide bonds. The normalized spacial score (nSPS) is 16.9. The SMILES string of the molecule is COCC1(CNC(=O)c2cc(Br)cn2C(C)C)CCNCC1.Cl. The van der Waals surface area contributed by atoms with Crippen LogP contribution in [0.4, 0.5) is 0 Å². The van der Waals surface area contributed by atoms with Gasteiger partial charge in [0.2, 0.25) is 0 Å². The van der Waals surface area contributed by atoms with E-state index in [4.69, 9.17) is 4.74 Å². The van der Waals surface area contributed by atoms with Gasteiger partial charge in [0.15, 0.2) is 0 Å². The lowest BCUT2D eigenvalue weighted by molar-refractivity contribution is 0.0509. The summed E-state index contributed by atoms with van der Waals surface area (Å²) in [6, 6.07) is 2.12. The van der Waals surface area contributed by atoms with Crippen molar-refractivity contribution < 1.29 is 9.53 Å². The number of ether oxygens (including phenoxy) is 1. The Morgan fingerprint density at radius 3 is 2.70 bits per heavy atom. The summed E-state index contributed by atoms with van der Waals surface area (Å²) in [5.41, 5.74) is 0.741. The first-order valence-electron chi connectivity index (χ1n) is 7.83. The topological polar surface area (TPSA) is 55.3 Å². The summed E-state index contributed by atoms with van der Waals surface area (Å²) in [4.78, 5) is 12.6. The minimum absolute atomic E-state index is 0. The Balaban J connectivity index is 0.00000264. The molecular formula is C16H27BrClN3O2. The van der Waals surface area contributed by atoms with Gasteiger partial charge in [0.05, 0.1) is 6.61 Å².